The van der Waals surface area contributed by atoms with E-state index in [0.29, 0.717) is 39.4 Å². The highest BCUT2D eigenvalue weighted by Gasteiger charge is 2.59. The number of hydrogen-bond donors (Lipinski definition) is 3. The lowest BCUT2D eigenvalue weighted by Gasteiger charge is -2.58. The van der Waals surface area contributed by atoms with E-state index in [1.807, 2.05) is 13.8 Å². The third-order valence-electron chi connectivity index (χ3n) is 17.5. The molecule has 8 aliphatic carbocycles. The first-order valence-corrected chi connectivity index (χ1v) is 20.2. The SMILES string of the molecule is C.C.C/C=C1/CC[C@H]2[C@@H]3CC[C@@H]4C[C@](C)(O)CC[C@]4(C)C3=CC[C@]12C.CC(O)[C@H]1CC[C@H]2[C@@H]3CC[C@@H]4C[C@](C)(O)CC[C@]4(C)C3=CC[C@]12C. The second kappa shape index (κ2) is 13.2. The minimum absolute atomic E-state index is 0. The molecule has 6 saturated carbocycles. The summed E-state index contributed by atoms with van der Waals surface area (Å²) in [6.45, 7) is 18.3. The number of allylic oxidation sites excluding steroid dienone is 6. The Bertz CT molecular complexity index is 1320. The Kier molecular flexibility index (Phi) is 10.6. The minimum atomic E-state index is -0.453. The zero-order valence-corrected chi connectivity index (χ0v) is 31.5. The highest BCUT2D eigenvalue weighted by molar-refractivity contribution is 5.34. The molecule has 0 heterocycles. The van der Waals surface area contributed by atoms with Crippen molar-refractivity contribution in [1.82, 2.24) is 0 Å². The number of aliphatic hydroxyl groups excluding tert-OH is 1. The minimum Gasteiger partial charge on any atom is -0.393 e. The average molecular weight is 679 g/mol. The zero-order chi connectivity index (χ0) is 33.8. The van der Waals surface area contributed by atoms with Crippen molar-refractivity contribution < 1.29 is 15.3 Å². The van der Waals surface area contributed by atoms with Crippen LogP contribution in [0.25, 0.3) is 0 Å². The summed E-state index contributed by atoms with van der Waals surface area (Å²) in [4.78, 5) is 0. The van der Waals surface area contributed by atoms with Crippen molar-refractivity contribution in [3.63, 3.8) is 0 Å². The molecule has 0 radical (unpaired) electrons. The van der Waals surface area contributed by atoms with E-state index in [1.54, 1.807) is 16.7 Å². The van der Waals surface area contributed by atoms with Crippen LogP contribution in [0.2, 0.25) is 0 Å². The van der Waals surface area contributed by atoms with Gasteiger partial charge in [0.15, 0.2) is 0 Å². The van der Waals surface area contributed by atoms with Crippen molar-refractivity contribution in [2.75, 3.05) is 0 Å². The Morgan fingerprint density at radius 3 is 1.67 bits per heavy atom. The van der Waals surface area contributed by atoms with E-state index in [1.165, 1.54) is 64.2 Å². The van der Waals surface area contributed by atoms with Crippen molar-refractivity contribution in [2.24, 2.45) is 63.1 Å². The molecular weight excluding hydrogens is 601 g/mol. The van der Waals surface area contributed by atoms with Crippen LogP contribution in [0, 0.1) is 63.1 Å². The molecule has 0 aliphatic heterocycles. The van der Waals surface area contributed by atoms with Gasteiger partial charge in [0.25, 0.3) is 0 Å². The van der Waals surface area contributed by atoms with Crippen LogP contribution in [-0.2, 0) is 0 Å². The maximum Gasteiger partial charge on any atom is 0.0623 e. The summed E-state index contributed by atoms with van der Waals surface area (Å²) in [5, 5.41) is 31.4. The molecular formula is C46H78O3. The van der Waals surface area contributed by atoms with Crippen LogP contribution < -0.4 is 0 Å². The average Bonchev–Trinajstić information content (AvgIpc) is 3.54. The normalized spacial score (nSPS) is 52.5. The van der Waals surface area contributed by atoms with Gasteiger partial charge in [0.05, 0.1) is 17.3 Å². The quantitative estimate of drug-likeness (QED) is 0.242. The first kappa shape index (κ1) is 39.3. The van der Waals surface area contributed by atoms with Gasteiger partial charge in [-0.3, -0.25) is 0 Å². The largest absolute Gasteiger partial charge is 0.393 e. The second-order valence-electron chi connectivity index (χ2n) is 20.1. The van der Waals surface area contributed by atoms with Gasteiger partial charge >= 0.3 is 0 Å². The molecule has 280 valence electrons. The van der Waals surface area contributed by atoms with Gasteiger partial charge in [-0.2, -0.15) is 0 Å². The van der Waals surface area contributed by atoms with E-state index in [9.17, 15) is 15.3 Å². The predicted molar refractivity (Wildman–Crippen MR) is 207 cm³/mol. The third-order valence-corrected chi connectivity index (χ3v) is 17.5. The summed E-state index contributed by atoms with van der Waals surface area (Å²) in [7, 11) is 0. The summed E-state index contributed by atoms with van der Waals surface area (Å²) in [5.41, 5.74) is 5.79. The molecule has 3 nitrogen and oxygen atoms in total. The maximum absolute atomic E-state index is 10.6. The molecule has 0 bridgehead atoms. The molecule has 0 aromatic rings. The van der Waals surface area contributed by atoms with Crippen molar-refractivity contribution in [3.05, 3.63) is 34.9 Å². The van der Waals surface area contributed by atoms with Crippen LogP contribution in [0.5, 0.6) is 0 Å². The van der Waals surface area contributed by atoms with Crippen molar-refractivity contribution in [3.8, 4) is 0 Å². The number of rotatable bonds is 1. The van der Waals surface area contributed by atoms with Gasteiger partial charge < -0.3 is 15.3 Å². The molecule has 49 heavy (non-hydrogen) atoms. The highest BCUT2D eigenvalue weighted by atomic mass is 16.3. The van der Waals surface area contributed by atoms with Gasteiger partial charge in [0.1, 0.15) is 0 Å². The molecule has 0 saturated heterocycles. The summed E-state index contributed by atoms with van der Waals surface area (Å²) in [6, 6.07) is 0. The van der Waals surface area contributed by atoms with Crippen LogP contribution >= 0.6 is 0 Å². The van der Waals surface area contributed by atoms with Gasteiger partial charge in [-0.15, -0.1) is 0 Å². The molecule has 8 aliphatic rings. The molecule has 1 unspecified atom stereocenters. The topological polar surface area (TPSA) is 60.7 Å². The number of fused-ring (bicyclic) bond motifs is 10. The van der Waals surface area contributed by atoms with Gasteiger partial charge in [0, 0.05) is 0 Å². The van der Waals surface area contributed by atoms with Gasteiger partial charge in [-0.25, -0.2) is 0 Å². The fraction of sp³-hybridized carbons (Fsp3) is 0.870. The third kappa shape index (κ3) is 6.12. The molecule has 14 atom stereocenters. The molecule has 8 rings (SSSR count). The van der Waals surface area contributed by atoms with Crippen LogP contribution in [-0.4, -0.2) is 32.6 Å². The fourth-order valence-corrected chi connectivity index (χ4v) is 14.6. The standard InChI is InChI=1S/C22H36O2.C22H34O.2CH4/c1-14(23)17-7-8-18-16-6-5-15-13-20(2,24)11-12-21(15,3)19(16)9-10-22(17,18)4;1-5-15-7-9-18-17-8-6-16-14-20(2,23)12-13-22(16,4)19(17)10-11-21(15,18)3;;/h9,14-18,23-24H,5-8,10-13H2,1-4H3;5,10,16-18,23H,6-9,11-14H2,1-4H3;2*1H4/b;15-5-;;/t14?,15-,16+,17-,18+,20-,21+,22-;16-,17+,18+,20-,21-,22+;;/m11../s1. The molecule has 0 aromatic carbocycles. The summed E-state index contributed by atoms with van der Waals surface area (Å²) in [6.07, 6.45) is 26.6. The number of hydrogen-bond acceptors (Lipinski definition) is 3. The smallest absolute Gasteiger partial charge is 0.0623 e. The lowest BCUT2D eigenvalue weighted by atomic mass is 9.47. The van der Waals surface area contributed by atoms with E-state index in [4.69, 9.17) is 0 Å². The van der Waals surface area contributed by atoms with Crippen LogP contribution in [0.15, 0.2) is 34.9 Å². The maximum atomic E-state index is 10.6. The van der Waals surface area contributed by atoms with Crippen LogP contribution in [0.3, 0.4) is 0 Å². The van der Waals surface area contributed by atoms with Crippen molar-refractivity contribution in [2.45, 2.75) is 190 Å². The Balaban J connectivity index is 0.000000184. The van der Waals surface area contributed by atoms with Crippen LogP contribution in [0.4, 0.5) is 0 Å². The summed E-state index contributed by atoms with van der Waals surface area (Å²) >= 11 is 0. The first-order chi connectivity index (χ1) is 22.0. The lowest BCUT2D eigenvalue weighted by molar-refractivity contribution is -0.0664. The molecule has 3 N–H and O–H groups in total. The lowest BCUT2D eigenvalue weighted by Crippen LogP contribution is -2.51. The Labute approximate surface area is 302 Å². The van der Waals surface area contributed by atoms with E-state index in [2.05, 4.69) is 59.8 Å². The molecule has 3 heteroatoms. The van der Waals surface area contributed by atoms with E-state index in [-0.39, 0.29) is 21.0 Å². The van der Waals surface area contributed by atoms with E-state index >= 15 is 0 Å². The summed E-state index contributed by atoms with van der Waals surface area (Å²) in [5.74, 6) is 5.00. The Morgan fingerprint density at radius 2 is 1.16 bits per heavy atom. The Morgan fingerprint density at radius 1 is 0.653 bits per heavy atom. The fourth-order valence-electron chi connectivity index (χ4n) is 14.6. The van der Waals surface area contributed by atoms with Gasteiger partial charge in [-0.1, -0.05) is 77.5 Å². The molecule has 6 fully saturated rings. The van der Waals surface area contributed by atoms with Gasteiger partial charge in [0.2, 0.25) is 0 Å². The molecule has 0 spiro atoms. The van der Waals surface area contributed by atoms with Crippen molar-refractivity contribution >= 4 is 0 Å². The summed E-state index contributed by atoms with van der Waals surface area (Å²) < 4.78 is 0. The molecule has 0 aromatic heterocycles. The van der Waals surface area contributed by atoms with Gasteiger partial charge in [-0.05, 0) is 194 Å². The van der Waals surface area contributed by atoms with E-state index < -0.39 is 11.2 Å². The second-order valence-corrected chi connectivity index (χ2v) is 20.1. The zero-order valence-electron chi connectivity index (χ0n) is 31.5. The molecule has 0 amide bonds. The number of aliphatic hydroxyl groups is 3. The van der Waals surface area contributed by atoms with E-state index in [0.717, 1.165) is 62.2 Å². The van der Waals surface area contributed by atoms with Crippen LogP contribution in [0.1, 0.15) is 173 Å². The highest BCUT2D eigenvalue weighted by Crippen LogP contribution is 2.68. The van der Waals surface area contributed by atoms with Crippen molar-refractivity contribution in [1.29, 1.82) is 0 Å². The Hall–Kier alpha value is -0.900. The predicted octanol–water partition coefficient (Wildman–Crippen LogP) is 11.6. The monoisotopic (exact) mass is 679 g/mol. The first-order valence-electron chi connectivity index (χ1n) is 20.2.